The number of sulfone groups is 2. The molecule has 0 atom stereocenters. The van der Waals surface area contributed by atoms with Gasteiger partial charge in [0.25, 0.3) is 29.5 Å². The van der Waals surface area contributed by atoms with E-state index in [1.165, 1.54) is 154 Å². The van der Waals surface area contributed by atoms with Gasteiger partial charge < -0.3 is 64.2 Å². The third-order valence-electron chi connectivity index (χ3n) is 23.2. The van der Waals surface area contributed by atoms with Gasteiger partial charge in [0.2, 0.25) is 5.91 Å². The van der Waals surface area contributed by atoms with Gasteiger partial charge in [0.15, 0.2) is 19.7 Å². The summed E-state index contributed by atoms with van der Waals surface area (Å²) in [6, 6.07) is 78.3. The Labute approximate surface area is 874 Å². The number of carbonyl (C=O) groups excluding carboxylic acids is 11. The highest BCUT2D eigenvalue weighted by Crippen LogP contribution is 2.29. The molecule has 0 unspecified atom stereocenters. The predicted octanol–water partition coefficient (Wildman–Crippen LogP) is 22.2. The van der Waals surface area contributed by atoms with Crippen LogP contribution in [-0.4, -0.2) is 166 Å². The molecule has 0 saturated heterocycles. The topological polar surface area (TPSA) is 395 Å². The van der Waals surface area contributed by atoms with Crippen molar-refractivity contribution in [3.63, 3.8) is 0 Å². The van der Waals surface area contributed by atoms with Crippen LogP contribution in [-0.2, 0) is 64.9 Å². The number of unbranched alkanes of at least 4 members (excludes halogenated alkanes) is 12. The summed E-state index contributed by atoms with van der Waals surface area (Å²) in [6.07, 6.45) is 21.4. The maximum Gasteiger partial charge on any atom is 0.343 e. The van der Waals surface area contributed by atoms with Crippen LogP contribution >= 0.6 is 11.8 Å². The first-order valence-electron chi connectivity index (χ1n) is 49.3. The lowest BCUT2D eigenvalue weighted by Crippen LogP contribution is -2.35. The Bertz CT molecular complexity index is 6720. The number of aliphatic carboxylic acids is 1. The number of carboxylic acid groups (broad SMARTS) is 1. The third kappa shape index (κ3) is 39.2. The van der Waals surface area contributed by atoms with E-state index in [2.05, 4.69) is 36.7 Å². The highest BCUT2D eigenvalue weighted by atomic mass is 32.2. The first-order chi connectivity index (χ1) is 71.6. The zero-order valence-corrected chi connectivity index (χ0v) is 87.3. The third-order valence-corrected chi connectivity index (χ3v) is 26.2. The molecule has 0 aliphatic rings. The summed E-state index contributed by atoms with van der Waals surface area (Å²) in [5, 5.41) is 17.8. The van der Waals surface area contributed by atoms with Crippen LogP contribution in [0.4, 0.5) is 17.1 Å². The van der Waals surface area contributed by atoms with Gasteiger partial charge in [-0.3, -0.25) is 43.2 Å². The van der Waals surface area contributed by atoms with Crippen LogP contribution in [0.3, 0.4) is 0 Å². The quantitative estimate of drug-likeness (QED) is 0.0119. The van der Waals surface area contributed by atoms with Crippen molar-refractivity contribution in [1.29, 1.82) is 0 Å². The summed E-state index contributed by atoms with van der Waals surface area (Å²) >= 11 is 1.49. The summed E-state index contributed by atoms with van der Waals surface area (Å²) in [5.41, 5.74) is 7.05. The van der Waals surface area contributed by atoms with Crippen LogP contribution in [0.2, 0.25) is 0 Å². The Hall–Kier alpha value is -15.7. The highest BCUT2D eigenvalue weighted by molar-refractivity contribution is 7.98. The van der Waals surface area contributed by atoms with Crippen molar-refractivity contribution in [3.05, 3.63) is 358 Å². The van der Waals surface area contributed by atoms with Crippen molar-refractivity contribution in [2.75, 3.05) is 74.2 Å². The fourth-order valence-electron chi connectivity index (χ4n) is 15.2. The van der Waals surface area contributed by atoms with E-state index in [0.29, 0.717) is 110 Å². The van der Waals surface area contributed by atoms with Gasteiger partial charge in [-0.1, -0.05) is 158 Å². The molecule has 0 aliphatic carbocycles. The van der Waals surface area contributed by atoms with Gasteiger partial charge >= 0.3 is 23.9 Å². The molecule has 0 spiro atoms. The highest BCUT2D eigenvalue weighted by Gasteiger charge is 2.26. The number of hydrogen-bond acceptors (Lipinski definition) is 23. The predicted molar refractivity (Wildman–Crippen MR) is 574 cm³/mol. The summed E-state index contributed by atoms with van der Waals surface area (Å²) in [5.74, 6) is -2.26. The number of ether oxygens (including phenoxy) is 6. The van der Waals surface area contributed by atoms with E-state index in [0.717, 1.165) is 72.0 Å². The standard InChI is InChI=1S/C40H44N2O8S.C39H42N2O6S.C38H40N2O9S/c1-4-5-6-7-8-25-49-35-21-15-33(16-22-35)40(46)50-36-19-9-31(10-20-36)28-42(27-29(2)43)39(45)32-13-17-34(18-14-32)41-38(44)26-30-11-23-37(24-12-30)51(3,47)48;1-4-5-6-7-10-25-46-33-23-17-31(18-24-33)39(45)47-34-21-13-29(14-22-34)27-41(26-28(2)42)38(44)30-15-19-32(20-16-30)40-37(43)35-11-8-9-12-36(35)48-3;1-3-4-5-6-7-24-48-32-20-12-30(13-21-32)38(45)49-33-18-8-27(9-19-33)25-40(26-35(41)42)37(44)29-10-16-31(17-11-29)39-36(43)28-14-22-34(23-15-28)50(2,46)47/h9-24H,4-8,25-28H2,1-3H3,(H,41,44);8-9,11-24H,4-7,10,25-27H2,1-3H3,(H,40,43);8-23H,3-7,24-26H2,1-2H3,(H,39,43)(H,41,42). The normalized spacial score (nSPS) is 10.9. The second kappa shape index (κ2) is 59.2. The molecule has 0 aromatic heterocycles. The molecule has 0 fully saturated rings. The molecule has 12 rings (SSSR count). The number of amides is 6. The average Bonchev–Trinajstić information content (AvgIpc) is 0.841. The van der Waals surface area contributed by atoms with Crippen molar-refractivity contribution < 1.29 is 108 Å². The van der Waals surface area contributed by atoms with Crippen LogP contribution in [0.25, 0.3) is 0 Å². The lowest BCUT2D eigenvalue weighted by atomic mass is 10.1. The molecule has 29 nitrogen and oxygen atoms in total. The number of carbonyl (C=O) groups is 12. The molecule has 0 radical (unpaired) electrons. The van der Waals surface area contributed by atoms with Gasteiger partial charge in [-0.2, -0.15) is 0 Å². The van der Waals surface area contributed by atoms with Crippen molar-refractivity contribution in [2.45, 2.75) is 172 Å². The number of esters is 3. The minimum absolute atomic E-state index is 0.0264. The zero-order valence-electron chi connectivity index (χ0n) is 84.9. The van der Waals surface area contributed by atoms with Gasteiger partial charge in [-0.25, -0.2) is 31.2 Å². The van der Waals surface area contributed by atoms with E-state index in [4.69, 9.17) is 28.4 Å². The van der Waals surface area contributed by atoms with Crippen LogP contribution in [0, 0.1) is 0 Å². The minimum atomic E-state index is -3.40. The minimum Gasteiger partial charge on any atom is -0.494 e. The number of benzene rings is 12. The van der Waals surface area contributed by atoms with E-state index in [1.807, 2.05) is 24.5 Å². The lowest BCUT2D eigenvalue weighted by Gasteiger charge is -2.22. The Morgan fingerprint density at radius 1 is 0.309 bits per heavy atom. The largest absolute Gasteiger partial charge is 0.494 e. The number of carboxylic acids is 1. The molecule has 4 N–H and O–H groups in total. The van der Waals surface area contributed by atoms with E-state index < -0.39 is 61.9 Å². The SMILES string of the molecule is CCCCCCCOc1ccc(C(=O)Oc2ccc(CN(CC(=O)O)C(=O)c3ccc(NC(=O)c4ccc(S(C)(=O)=O)cc4)cc3)cc2)cc1.CCCCCCCOc1ccc(C(=O)Oc2ccc(CN(CC(C)=O)C(=O)c3ccc(NC(=O)Cc4ccc(S(C)(=O)=O)cc4)cc3)cc2)cc1.CCCCCCCOc1ccc(C(=O)Oc2ccc(CN(CC(C)=O)C(=O)c3ccc(NC(=O)c4ccccc4SC)cc3)cc2)cc1. The molecule has 12 aromatic carbocycles. The van der Waals surface area contributed by atoms with Gasteiger partial charge in [0.05, 0.1) is 71.4 Å². The smallest absolute Gasteiger partial charge is 0.343 e. The summed E-state index contributed by atoms with van der Waals surface area (Å²) in [7, 11) is -6.73. The second-order valence-corrected chi connectivity index (χ2v) is 40.4. The van der Waals surface area contributed by atoms with E-state index in [9.17, 15) is 79.5 Å². The summed E-state index contributed by atoms with van der Waals surface area (Å²) in [4.78, 5) is 157. The fourth-order valence-corrected chi connectivity index (χ4v) is 17.0. The van der Waals surface area contributed by atoms with Crippen LogP contribution in [0.5, 0.6) is 34.5 Å². The monoisotopic (exact) mass is 2080 g/mol. The molecule has 32 heteroatoms. The number of Topliss-reactive ketones (excluding diaryl/α,β-unsaturated/α-hetero) is 2. The Morgan fingerprint density at radius 3 is 0.906 bits per heavy atom. The molecule has 12 aromatic rings. The molecular weight excluding hydrogens is 1950 g/mol. The second-order valence-electron chi connectivity index (χ2n) is 35.5. The fraction of sp³-hybridized carbons (Fsp3) is 0.282. The van der Waals surface area contributed by atoms with Gasteiger partial charge in [-0.05, 0) is 292 Å². The molecule has 0 bridgehead atoms. The number of rotatable bonds is 52. The number of hydrogen-bond donors (Lipinski definition) is 4. The van der Waals surface area contributed by atoms with Crippen molar-refractivity contribution >= 4 is 119 Å². The molecule has 0 saturated carbocycles. The van der Waals surface area contributed by atoms with Crippen LogP contribution < -0.4 is 44.4 Å². The Morgan fingerprint density at radius 2 is 0.591 bits per heavy atom. The molecule has 149 heavy (non-hydrogen) atoms. The first kappa shape index (κ1) is 115. The number of thioether (sulfide) groups is 1. The molecule has 0 heterocycles. The summed E-state index contributed by atoms with van der Waals surface area (Å²) in [6.45, 7) is 10.8. The van der Waals surface area contributed by atoms with Gasteiger partial charge in [0.1, 0.15) is 52.6 Å². The van der Waals surface area contributed by atoms with E-state index in [-0.39, 0.29) is 101 Å². The molecule has 780 valence electrons. The number of nitrogens with one attached hydrogen (secondary N) is 3. The van der Waals surface area contributed by atoms with Gasteiger partial charge in [0, 0.05) is 76.4 Å². The molecule has 6 amide bonds. The van der Waals surface area contributed by atoms with E-state index >= 15 is 0 Å². The molecule has 0 aliphatic heterocycles. The van der Waals surface area contributed by atoms with Gasteiger partial charge in [-0.15, -0.1) is 11.8 Å². The van der Waals surface area contributed by atoms with Crippen molar-refractivity contribution in [1.82, 2.24) is 14.7 Å². The average molecular weight is 2080 g/mol. The maximum absolute atomic E-state index is 13.4. The summed E-state index contributed by atoms with van der Waals surface area (Å²) < 4.78 is 80.5. The van der Waals surface area contributed by atoms with Crippen molar-refractivity contribution in [2.24, 2.45) is 0 Å². The van der Waals surface area contributed by atoms with Crippen LogP contribution in [0.15, 0.2) is 306 Å². The zero-order chi connectivity index (χ0) is 107. The maximum atomic E-state index is 13.4. The Balaban J connectivity index is 0.000000229. The van der Waals surface area contributed by atoms with E-state index in [1.54, 1.807) is 212 Å². The first-order valence-corrected chi connectivity index (χ1v) is 54.3. The van der Waals surface area contributed by atoms with Crippen LogP contribution in [0.1, 0.15) is 236 Å². The number of anilines is 3. The number of ketones is 2. The lowest BCUT2D eigenvalue weighted by molar-refractivity contribution is -0.138. The number of nitrogens with zero attached hydrogens (tertiary/aromatic N) is 3. The molecular formula is C117H126N6O23S3. The van der Waals surface area contributed by atoms with Crippen molar-refractivity contribution in [3.8, 4) is 34.5 Å². The Kier molecular flexibility index (Phi) is 45.8.